The number of anilines is 1. The molecule has 0 fully saturated rings. The van der Waals surface area contributed by atoms with E-state index in [4.69, 9.17) is 4.74 Å². The molecule has 0 radical (unpaired) electrons. The van der Waals surface area contributed by atoms with Crippen LogP contribution < -0.4 is 14.4 Å². The summed E-state index contributed by atoms with van der Waals surface area (Å²) in [4.78, 5) is 12.9. The Labute approximate surface area is 172 Å². The Morgan fingerprint density at radius 2 is 1.72 bits per heavy atom. The second kappa shape index (κ2) is 8.45. The molecule has 0 spiro atoms. The van der Waals surface area contributed by atoms with Gasteiger partial charge in [0.05, 0.1) is 25.1 Å². The predicted molar refractivity (Wildman–Crippen MR) is 115 cm³/mol. The number of hydrogen-bond donors (Lipinski definition) is 1. The van der Waals surface area contributed by atoms with Gasteiger partial charge in [0, 0.05) is 0 Å². The van der Waals surface area contributed by atoms with Gasteiger partial charge in [0.2, 0.25) is 15.9 Å². The van der Waals surface area contributed by atoms with Crippen LogP contribution in [0.25, 0.3) is 0 Å². The van der Waals surface area contributed by atoms with Crippen LogP contribution in [0.4, 0.5) is 5.69 Å². The monoisotopic (exact) mass is 416 g/mol. The number of aryl methyl sites for hydroxylation is 2. The predicted octanol–water partition coefficient (Wildman–Crippen LogP) is 3.22. The van der Waals surface area contributed by atoms with Crippen molar-refractivity contribution in [2.24, 2.45) is 0 Å². The average Bonchev–Trinajstić information content (AvgIpc) is 3.15. The fourth-order valence-electron chi connectivity index (χ4n) is 3.82. The smallest absolute Gasteiger partial charge is 0.244 e. The molecule has 0 unspecified atom stereocenters. The molecule has 0 heterocycles. The number of carbonyl (C=O) groups excluding carboxylic acids is 1. The lowest BCUT2D eigenvalue weighted by Gasteiger charge is -2.29. The first-order valence-corrected chi connectivity index (χ1v) is 11.6. The molecule has 0 aliphatic heterocycles. The second-order valence-corrected chi connectivity index (χ2v) is 9.40. The lowest BCUT2D eigenvalue weighted by Crippen LogP contribution is -2.48. The molecular formula is C22H28N2O4S. The number of carbonyl (C=O) groups is 1. The van der Waals surface area contributed by atoms with Crippen LogP contribution in [-0.4, -0.2) is 33.7 Å². The number of hydrogen-bond acceptors (Lipinski definition) is 4. The molecule has 3 rings (SSSR count). The number of nitrogens with zero attached hydrogens (tertiary/aromatic N) is 1. The highest BCUT2D eigenvalue weighted by Crippen LogP contribution is 2.27. The van der Waals surface area contributed by atoms with E-state index in [0.717, 1.165) is 29.0 Å². The zero-order valence-corrected chi connectivity index (χ0v) is 18.1. The van der Waals surface area contributed by atoms with E-state index in [1.807, 2.05) is 13.0 Å². The van der Waals surface area contributed by atoms with Gasteiger partial charge >= 0.3 is 0 Å². The fourth-order valence-corrected chi connectivity index (χ4v) is 4.99. The summed E-state index contributed by atoms with van der Waals surface area (Å²) in [5.41, 5.74) is 4.17. The van der Waals surface area contributed by atoms with Crippen molar-refractivity contribution >= 4 is 21.6 Å². The number of methoxy groups -OCH3 is 1. The minimum Gasteiger partial charge on any atom is -0.497 e. The molecule has 2 aromatic carbocycles. The van der Waals surface area contributed by atoms with E-state index in [1.165, 1.54) is 17.5 Å². The summed E-state index contributed by atoms with van der Waals surface area (Å²) in [5.74, 6) is 0.267. The third-order valence-corrected chi connectivity index (χ3v) is 6.64. The van der Waals surface area contributed by atoms with Gasteiger partial charge in [-0.05, 0) is 74.1 Å². The molecule has 0 bridgehead atoms. The van der Waals surface area contributed by atoms with Crippen LogP contribution >= 0.6 is 0 Å². The topological polar surface area (TPSA) is 75.7 Å². The van der Waals surface area contributed by atoms with E-state index in [1.54, 1.807) is 38.3 Å². The van der Waals surface area contributed by atoms with Crippen molar-refractivity contribution in [3.05, 3.63) is 59.2 Å². The number of amides is 1. The van der Waals surface area contributed by atoms with Gasteiger partial charge in [-0.15, -0.1) is 0 Å². The molecule has 1 aliphatic carbocycles. The molecule has 0 aromatic heterocycles. The Bertz CT molecular complexity index is 986. The highest BCUT2D eigenvalue weighted by Gasteiger charge is 2.30. The molecule has 6 nitrogen and oxygen atoms in total. The minimum absolute atomic E-state index is 0.215. The lowest BCUT2D eigenvalue weighted by atomic mass is 10.0. The van der Waals surface area contributed by atoms with Crippen LogP contribution in [0, 0.1) is 0 Å². The Morgan fingerprint density at radius 3 is 2.34 bits per heavy atom. The summed E-state index contributed by atoms with van der Waals surface area (Å²) >= 11 is 0. The number of nitrogens with one attached hydrogen (secondary N) is 1. The Balaban J connectivity index is 1.78. The summed E-state index contributed by atoms with van der Waals surface area (Å²) in [7, 11) is -2.12. The summed E-state index contributed by atoms with van der Waals surface area (Å²) in [6.45, 7) is 3.51. The van der Waals surface area contributed by atoms with Crippen LogP contribution in [0.5, 0.6) is 5.75 Å². The summed E-state index contributed by atoms with van der Waals surface area (Å²) in [6, 6.07) is 11.8. The average molecular weight is 417 g/mol. The maximum atomic E-state index is 12.9. The lowest BCUT2D eigenvalue weighted by molar-refractivity contribution is -0.122. The van der Waals surface area contributed by atoms with Gasteiger partial charge in [0.15, 0.2) is 0 Å². The van der Waals surface area contributed by atoms with E-state index < -0.39 is 16.1 Å². The first kappa shape index (κ1) is 21.2. The van der Waals surface area contributed by atoms with Crippen LogP contribution in [0.1, 0.15) is 43.0 Å². The van der Waals surface area contributed by atoms with Crippen molar-refractivity contribution in [3.8, 4) is 5.75 Å². The Morgan fingerprint density at radius 1 is 1.07 bits per heavy atom. The van der Waals surface area contributed by atoms with Crippen molar-refractivity contribution in [1.29, 1.82) is 0 Å². The van der Waals surface area contributed by atoms with E-state index in [0.29, 0.717) is 11.4 Å². The number of ether oxygens (including phenoxy) is 1. The van der Waals surface area contributed by atoms with Crippen molar-refractivity contribution in [3.63, 3.8) is 0 Å². The third kappa shape index (κ3) is 4.72. The highest BCUT2D eigenvalue weighted by atomic mass is 32.2. The van der Waals surface area contributed by atoms with Gasteiger partial charge < -0.3 is 10.1 Å². The molecule has 1 N–H and O–H groups in total. The quantitative estimate of drug-likeness (QED) is 0.752. The van der Waals surface area contributed by atoms with Gasteiger partial charge in [-0.2, -0.15) is 0 Å². The second-order valence-electron chi connectivity index (χ2n) is 7.54. The summed E-state index contributed by atoms with van der Waals surface area (Å²) in [6.07, 6.45) is 4.45. The maximum Gasteiger partial charge on any atom is 0.244 e. The highest BCUT2D eigenvalue weighted by molar-refractivity contribution is 7.92. The normalized spacial score (nSPS) is 15.3. The molecule has 2 aromatic rings. The van der Waals surface area contributed by atoms with Crippen molar-refractivity contribution < 1.29 is 17.9 Å². The van der Waals surface area contributed by atoms with Gasteiger partial charge in [-0.25, -0.2) is 8.42 Å². The first-order chi connectivity index (χ1) is 13.7. The standard InChI is InChI=1S/C22H28N2O4S/c1-15(18-9-8-17-6-5-7-19(17)14-18)23-22(25)16(2)24(29(4,26)27)20-10-12-21(28-3)13-11-20/h8-16H,5-7H2,1-4H3,(H,23,25)/t15-,16-/m0/s1. The molecule has 156 valence electrons. The van der Waals surface area contributed by atoms with Crippen LogP contribution in [0.2, 0.25) is 0 Å². The largest absolute Gasteiger partial charge is 0.497 e. The third-order valence-electron chi connectivity index (χ3n) is 5.40. The molecule has 0 saturated heterocycles. The molecule has 29 heavy (non-hydrogen) atoms. The van der Waals surface area contributed by atoms with Gasteiger partial charge in [-0.3, -0.25) is 9.10 Å². The zero-order chi connectivity index (χ0) is 21.2. The Hall–Kier alpha value is -2.54. The van der Waals surface area contributed by atoms with Crippen LogP contribution in [0.15, 0.2) is 42.5 Å². The molecule has 1 amide bonds. The number of benzene rings is 2. The summed E-state index contributed by atoms with van der Waals surface area (Å²) < 4.78 is 31.1. The van der Waals surface area contributed by atoms with E-state index in [-0.39, 0.29) is 11.9 Å². The number of rotatable bonds is 7. The van der Waals surface area contributed by atoms with Gasteiger partial charge in [0.25, 0.3) is 0 Å². The maximum absolute atomic E-state index is 12.9. The molecule has 0 saturated carbocycles. The SMILES string of the molecule is COc1ccc(N([C@@H](C)C(=O)N[C@@H](C)c2ccc3c(c2)CCC3)S(C)(=O)=O)cc1. The minimum atomic E-state index is -3.66. The van der Waals surface area contributed by atoms with E-state index in [2.05, 4.69) is 17.4 Å². The van der Waals surface area contributed by atoms with Gasteiger partial charge in [0.1, 0.15) is 11.8 Å². The molecule has 1 aliphatic rings. The molecule has 2 atom stereocenters. The van der Waals surface area contributed by atoms with Crippen molar-refractivity contribution in [2.45, 2.75) is 45.2 Å². The zero-order valence-electron chi connectivity index (χ0n) is 17.3. The fraction of sp³-hybridized carbons (Fsp3) is 0.409. The summed E-state index contributed by atoms with van der Waals surface area (Å²) in [5, 5.41) is 2.96. The number of sulfonamides is 1. The van der Waals surface area contributed by atoms with Gasteiger partial charge in [-0.1, -0.05) is 18.2 Å². The van der Waals surface area contributed by atoms with E-state index in [9.17, 15) is 13.2 Å². The van der Waals surface area contributed by atoms with Crippen molar-refractivity contribution in [1.82, 2.24) is 5.32 Å². The van der Waals surface area contributed by atoms with Crippen LogP contribution in [-0.2, 0) is 27.7 Å². The molecular weight excluding hydrogens is 388 g/mol. The Kier molecular flexibility index (Phi) is 6.17. The van der Waals surface area contributed by atoms with E-state index >= 15 is 0 Å². The number of fused-ring (bicyclic) bond motifs is 1. The first-order valence-electron chi connectivity index (χ1n) is 9.76. The van der Waals surface area contributed by atoms with Crippen molar-refractivity contribution in [2.75, 3.05) is 17.7 Å². The molecule has 7 heteroatoms. The van der Waals surface area contributed by atoms with Crippen LogP contribution in [0.3, 0.4) is 0 Å².